The molecule has 176 valence electrons. The molecule has 0 amide bonds. The molecule has 1 atom stereocenters. The first-order chi connectivity index (χ1) is 14.1. The molecule has 0 radical (unpaired) electrons. The average Bonchev–Trinajstić information content (AvgIpc) is 2.75. The summed E-state index contributed by atoms with van der Waals surface area (Å²) in [4.78, 5) is 0. The first kappa shape index (κ1) is 29.0. The summed E-state index contributed by atoms with van der Waals surface area (Å²) in [6, 6.07) is 0. The molecule has 0 rings (SSSR count). The van der Waals surface area contributed by atoms with Crippen molar-refractivity contribution in [3.63, 3.8) is 0 Å². The van der Waals surface area contributed by atoms with E-state index in [-0.39, 0.29) is 12.7 Å². The summed E-state index contributed by atoms with van der Waals surface area (Å²) in [5, 5.41) is 0. The Morgan fingerprint density at radius 2 is 1.10 bits per heavy atom. The van der Waals surface area contributed by atoms with Gasteiger partial charge in [-0.25, -0.2) is 4.57 Å². The molecule has 0 saturated carbocycles. The van der Waals surface area contributed by atoms with E-state index in [4.69, 9.17) is 23.0 Å². The summed E-state index contributed by atoms with van der Waals surface area (Å²) in [6.07, 6.45) is 18.6. The van der Waals surface area contributed by atoms with E-state index in [0.29, 0.717) is 13.2 Å². The van der Waals surface area contributed by atoms with Crippen LogP contribution in [0.15, 0.2) is 0 Å². The van der Waals surface area contributed by atoms with E-state index in [1.165, 1.54) is 97.7 Å². The summed E-state index contributed by atoms with van der Waals surface area (Å²) in [6.45, 7) is 3.49. The molecule has 0 bridgehead atoms. The van der Waals surface area contributed by atoms with Crippen LogP contribution in [-0.4, -0.2) is 47.3 Å². The fourth-order valence-corrected chi connectivity index (χ4v) is 3.86. The molecule has 29 heavy (non-hydrogen) atoms. The molecule has 0 aliphatic heterocycles. The lowest BCUT2D eigenvalue weighted by atomic mass is 10.0. The second kappa shape index (κ2) is 21.3. The van der Waals surface area contributed by atoms with Gasteiger partial charge in [-0.15, -0.1) is 0 Å². The summed E-state index contributed by atoms with van der Waals surface area (Å²) in [7, 11) is 0.698. The molecule has 0 heterocycles. The molecule has 0 saturated heterocycles. The molecule has 7 heteroatoms. The summed E-state index contributed by atoms with van der Waals surface area (Å²) >= 11 is 0. The lowest BCUT2D eigenvalue weighted by Crippen LogP contribution is -2.24. The third-order valence-electron chi connectivity index (χ3n) is 5.15. The highest BCUT2D eigenvalue weighted by molar-refractivity contribution is 7.48. The van der Waals surface area contributed by atoms with Gasteiger partial charge in [0.25, 0.3) is 0 Å². The highest BCUT2D eigenvalue weighted by atomic mass is 31.2. The Hall–Kier alpha value is 0.0300. The first-order valence-electron chi connectivity index (χ1n) is 11.6. The van der Waals surface area contributed by atoms with Crippen LogP contribution < -0.4 is 0 Å². The summed E-state index contributed by atoms with van der Waals surface area (Å²) in [5.74, 6) is 0. The van der Waals surface area contributed by atoms with Gasteiger partial charge < -0.3 is 9.47 Å². The van der Waals surface area contributed by atoms with Crippen molar-refractivity contribution >= 4 is 7.82 Å². The standard InChI is InChI=1S/C22H47O6P/c1-5-6-7-8-9-10-11-12-13-14-15-16-17-18-19-27-20-22(24-2)21-28-29(23,25-3)26-4/h22H,5-21H2,1-4H3. The molecule has 0 aromatic rings. The fourth-order valence-electron chi connectivity index (χ4n) is 3.15. The lowest BCUT2D eigenvalue weighted by molar-refractivity contribution is -0.0221. The van der Waals surface area contributed by atoms with Gasteiger partial charge in [0.05, 0.1) is 13.2 Å². The van der Waals surface area contributed by atoms with Gasteiger partial charge in [-0.2, -0.15) is 0 Å². The van der Waals surface area contributed by atoms with Crippen LogP contribution in [0.25, 0.3) is 0 Å². The Kier molecular flexibility index (Phi) is 21.3. The number of ether oxygens (including phenoxy) is 2. The SMILES string of the molecule is CCCCCCCCCCCCCCCCOCC(COP(=O)(OC)OC)OC. The Morgan fingerprint density at radius 3 is 1.52 bits per heavy atom. The quantitative estimate of drug-likeness (QED) is 0.127. The zero-order valence-electron chi connectivity index (χ0n) is 19.5. The van der Waals surface area contributed by atoms with Crippen molar-refractivity contribution in [2.45, 2.75) is 103 Å². The van der Waals surface area contributed by atoms with Crippen molar-refractivity contribution in [1.29, 1.82) is 0 Å². The second-order valence-electron chi connectivity index (χ2n) is 7.64. The van der Waals surface area contributed by atoms with Crippen LogP contribution in [0, 0.1) is 0 Å². The van der Waals surface area contributed by atoms with E-state index in [9.17, 15) is 4.57 Å². The van der Waals surface area contributed by atoms with Crippen LogP contribution in [0.3, 0.4) is 0 Å². The Labute approximate surface area is 180 Å². The molecule has 0 aliphatic rings. The van der Waals surface area contributed by atoms with Gasteiger partial charge in [0.15, 0.2) is 0 Å². The van der Waals surface area contributed by atoms with Crippen LogP contribution >= 0.6 is 7.82 Å². The first-order valence-corrected chi connectivity index (χ1v) is 13.0. The monoisotopic (exact) mass is 438 g/mol. The predicted octanol–water partition coefficient (Wildman–Crippen LogP) is 6.92. The van der Waals surface area contributed by atoms with Crippen molar-refractivity contribution in [2.24, 2.45) is 0 Å². The van der Waals surface area contributed by atoms with E-state index >= 15 is 0 Å². The topological polar surface area (TPSA) is 63.2 Å². The van der Waals surface area contributed by atoms with Crippen LogP contribution in [0.1, 0.15) is 96.8 Å². The summed E-state index contributed by atoms with van der Waals surface area (Å²) in [5.41, 5.74) is 0. The molecular weight excluding hydrogens is 391 g/mol. The smallest absolute Gasteiger partial charge is 0.379 e. The molecule has 0 aromatic heterocycles. The minimum atomic E-state index is -3.46. The Balaban J connectivity index is 3.38. The van der Waals surface area contributed by atoms with Crippen molar-refractivity contribution in [3.05, 3.63) is 0 Å². The maximum absolute atomic E-state index is 11.8. The minimum Gasteiger partial charge on any atom is -0.379 e. The van der Waals surface area contributed by atoms with E-state index < -0.39 is 7.82 Å². The third kappa shape index (κ3) is 18.5. The molecule has 0 aromatic carbocycles. The van der Waals surface area contributed by atoms with Crippen molar-refractivity contribution < 1.29 is 27.6 Å². The highest BCUT2D eigenvalue weighted by Gasteiger charge is 2.24. The minimum absolute atomic E-state index is 0.105. The average molecular weight is 439 g/mol. The van der Waals surface area contributed by atoms with Gasteiger partial charge in [-0.3, -0.25) is 13.6 Å². The van der Waals surface area contributed by atoms with Crippen molar-refractivity contribution in [3.8, 4) is 0 Å². The van der Waals surface area contributed by atoms with Crippen LogP contribution in [0.4, 0.5) is 0 Å². The number of phosphoric ester groups is 1. The zero-order chi connectivity index (χ0) is 21.6. The van der Waals surface area contributed by atoms with Gasteiger partial charge >= 0.3 is 7.82 Å². The number of rotatable bonds is 23. The van der Waals surface area contributed by atoms with Crippen LogP contribution in [0.2, 0.25) is 0 Å². The Morgan fingerprint density at radius 1 is 0.655 bits per heavy atom. The number of unbranched alkanes of at least 4 members (excludes halogenated alkanes) is 13. The second-order valence-corrected chi connectivity index (χ2v) is 9.52. The van der Waals surface area contributed by atoms with Crippen molar-refractivity contribution in [2.75, 3.05) is 41.2 Å². The zero-order valence-corrected chi connectivity index (χ0v) is 20.4. The molecule has 0 spiro atoms. The lowest BCUT2D eigenvalue weighted by Gasteiger charge is -2.18. The number of hydrogen-bond acceptors (Lipinski definition) is 6. The normalized spacial score (nSPS) is 13.1. The van der Waals surface area contributed by atoms with E-state index in [2.05, 4.69) is 6.92 Å². The molecule has 6 nitrogen and oxygen atoms in total. The van der Waals surface area contributed by atoms with Gasteiger partial charge in [0.2, 0.25) is 0 Å². The third-order valence-corrected chi connectivity index (χ3v) is 6.50. The fraction of sp³-hybridized carbons (Fsp3) is 1.00. The van der Waals surface area contributed by atoms with Crippen LogP contribution in [0.5, 0.6) is 0 Å². The Bertz CT molecular complexity index is 372. The van der Waals surface area contributed by atoms with E-state index in [1.807, 2.05) is 0 Å². The van der Waals surface area contributed by atoms with Crippen molar-refractivity contribution in [1.82, 2.24) is 0 Å². The molecule has 0 aliphatic carbocycles. The molecule has 0 fully saturated rings. The number of hydrogen-bond donors (Lipinski definition) is 0. The highest BCUT2D eigenvalue weighted by Crippen LogP contribution is 2.47. The van der Waals surface area contributed by atoms with Gasteiger partial charge in [0, 0.05) is 27.9 Å². The maximum Gasteiger partial charge on any atom is 0.474 e. The summed E-state index contributed by atoms with van der Waals surface area (Å²) < 4.78 is 37.4. The van der Waals surface area contributed by atoms with E-state index in [0.717, 1.165) is 6.42 Å². The van der Waals surface area contributed by atoms with E-state index in [1.54, 1.807) is 7.11 Å². The maximum atomic E-state index is 11.8. The van der Waals surface area contributed by atoms with Gasteiger partial charge in [-0.1, -0.05) is 90.4 Å². The number of methoxy groups -OCH3 is 1. The predicted molar refractivity (Wildman–Crippen MR) is 120 cm³/mol. The largest absolute Gasteiger partial charge is 0.474 e. The van der Waals surface area contributed by atoms with Crippen LogP contribution in [-0.2, 0) is 27.6 Å². The molecule has 1 unspecified atom stereocenters. The molecule has 0 N–H and O–H groups in total. The van der Waals surface area contributed by atoms with Gasteiger partial charge in [-0.05, 0) is 6.42 Å². The molecular formula is C22H47O6P. The van der Waals surface area contributed by atoms with Gasteiger partial charge in [0.1, 0.15) is 6.10 Å². The number of phosphoric acid groups is 1.